The average molecular weight is 348 g/mol. The number of hydrogen-bond donors (Lipinski definition) is 2. The van der Waals surface area contributed by atoms with Gasteiger partial charge in [-0.05, 0) is 35.7 Å². The Balaban J connectivity index is 2.11. The van der Waals surface area contributed by atoms with Crippen molar-refractivity contribution in [2.24, 2.45) is 0 Å². The van der Waals surface area contributed by atoms with Crippen molar-refractivity contribution in [1.82, 2.24) is 0 Å². The van der Waals surface area contributed by atoms with Gasteiger partial charge in [-0.15, -0.1) is 0 Å². The summed E-state index contributed by atoms with van der Waals surface area (Å²) in [6.45, 7) is 0. The summed E-state index contributed by atoms with van der Waals surface area (Å²) in [4.78, 5) is 0. The Kier molecular flexibility index (Phi) is 3.55. The Morgan fingerprint density at radius 3 is 2.45 bits per heavy atom. The van der Waals surface area contributed by atoms with Crippen molar-refractivity contribution < 1.29 is 0 Å². The summed E-state index contributed by atoms with van der Waals surface area (Å²) in [5.41, 5.74) is 8.46. The van der Waals surface area contributed by atoms with E-state index in [2.05, 4.69) is 33.4 Å². The van der Waals surface area contributed by atoms with Gasteiger partial charge in [-0.25, -0.2) is 0 Å². The molecule has 4 heteroatoms. The van der Waals surface area contributed by atoms with E-state index in [1.165, 1.54) is 0 Å². The molecule has 0 aliphatic carbocycles. The zero-order chi connectivity index (χ0) is 14.1. The quantitative estimate of drug-likeness (QED) is 0.594. The van der Waals surface area contributed by atoms with Gasteiger partial charge in [-0.1, -0.05) is 51.8 Å². The monoisotopic (exact) mass is 346 g/mol. The molecular weight excluding hydrogens is 336 g/mol. The van der Waals surface area contributed by atoms with Crippen LogP contribution in [0.15, 0.2) is 59.1 Å². The number of rotatable bonds is 2. The summed E-state index contributed by atoms with van der Waals surface area (Å²) in [7, 11) is 0. The predicted molar refractivity (Wildman–Crippen MR) is 90.8 cm³/mol. The summed E-state index contributed by atoms with van der Waals surface area (Å²) in [5.74, 6) is 0. The average Bonchev–Trinajstić information content (AvgIpc) is 2.46. The van der Waals surface area contributed by atoms with E-state index >= 15 is 0 Å². The lowest BCUT2D eigenvalue weighted by Crippen LogP contribution is -1.97. The van der Waals surface area contributed by atoms with Crippen molar-refractivity contribution in [1.29, 1.82) is 0 Å². The van der Waals surface area contributed by atoms with Crippen molar-refractivity contribution >= 4 is 55.4 Å². The van der Waals surface area contributed by atoms with Gasteiger partial charge in [0.15, 0.2) is 0 Å². The molecule has 0 radical (unpaired) electrons. The Morgan fingerprint density at radius 2 is 1.65 bits per heavy atom. The van der Waals surface area contributed by atoms with Gasteiger partial charge < -0.3 is 11.1 Å². The van der Waals surface area contributed by atoms with Gasteiger partial charge in [0, 0.05) is 20.6 Å². The van der Waals surface area contributed by atoms with Gasteiger partial charge in [-0.3, -0.25) is 0 Å². The van der Waals surface area contributed by atoms with E-state index in [0.717, 1.165) is 26.6 Å². The van der Waals surface area contributed by atoms with Crippen LogP contribution in [0.1, 0.15) is 0 Å². The SMILES string of the molecule is Nc1ccc(Cl)cc1Nc1ccc(Br)c2ccccc12. The van der Waals surface area contributed by atoms with E-state index in [1.807, 2.05) is 30.3 Å². The first-order valence-electron chi connectivity index (χ1n) is 6.14. The zero-order valence-electron chi connectivity index (χ0n) is 10.5. The molecule has 0 amide bonds. The number of anilines is 3. The normalized spacial score (nSPS) is 10.7. The molecule has 2 nitrogen and oxygen atoms in total. The van der Waals surface area contributed by atoms with Crippen LogP contribution in [0, 0.1) is 0 Å². The molecule has 0 fully saturated rings. The minimum Gasteiger partial charge on any atom is -0.397 e. The van der Waals surface area contributed by atoms with Crippen LogP contribution in [0.25, 0.3) is 10.8 Å². The third-order valence-corrected chi connectivity index (χ3v) is 4.08. The van der Waals surface area contributed by atoms with Crippen LogP contribution in [0.4, 0.5) is 17.1 Å². The highest BCUT2D eigenvalue weighted by molar-refractivity contribution is 9.10. The highest BCUT2D eigenvalue weighted by Gasteiger charge is 2.06. The van der Waals surface area contributed by atoms with E-state index in [9.17, 15) is 0 Å². The van der Waals surface area contributed by atoms with Crippen molar-refractivity contribution in [3.05, 3.63) is 64.1 Å². The van der Waals surface area contributed by atoms with Gasteiger partial charge in [0.1, 0.15) is 0 Å². The fourth-order valence-electron chi connectivity index (χ4n) is 2.15. The van der Waals surface area contributed by atoms with Gasteiger partial charge in [0.25, 0.3) is 0 Å². The molecule has 3 aromatic rings. The standard InChI is InChI=1S/C16H12BrClN2/c17-13-6-8-15(12-4-2-1-3-11(12)13)20-16-9-10(18)5-7-14(16)19/h1-9,20H,19H2. The number of hydrogen-bond acceptors (Lipinski definition) is 2. The molecule has 3 aromatic carbocycles. The van der Waals surface area contributed by atoms with Crippen LogP contribution in [-0.2, 0) is 0 Å². The molecule has 3 N–H and O–H groups in total. The third-order valence-electron chi connectivity index (χ3n) is 3.16. The highest BCUT2D eigenvalue weighted by Crippen LogP contribution is 2.33. The first-order chi connectivity index (χ1) is 9.65. The lowest BCUT2D eigenvalue weighted by Gasteiger charge is -2.13. The number of fused-ring (bicyclic) bond motifs is 1. The number of nitrogens with one attached hydrogen (secondary N) is 1. The smallest absolute Gasteiger partial charge is 0.0633 e. The third kappa shape index (κ3) is 2.47. The minimum atomic E-state index is 0.656. The Morgan fingerprint density at radius 1 is 0.900 bits per heavy atom. The second-order valence-corrected chi connectivity index (χ2v) is 5.79. The lowest BCUT2D eigenvalue weighted by atomic mass is 10.1. The summed E-state index contributed by atoms with van der Waals surface area (Å²) >= 11 is 9.59. The molecule has 100 valence electrons. The molecule has 0 saturated carbocycles. The van der Waals surface area contributed by atoms with Crippen LogP contribution in [0.3, 0.4) is 0 Å². The molecule has 0 atom stereocenters. The number of benzene rings is 3. The molecule has 0 saturated heterocycles. The summed E-state index contributed by atoms with van der Waals surface area (Å²) < 4.78 is 1.07. The van der Waals surface area contributed by atoms with Crippen LogP contribution in [0.5, 0.6) is 0 Å². The maximum Gasteiger partial charge on any atom is 0.0633 e. The molecule has 0 bridgehead atoms. The van der Waals surface area contributed by atoms with Crippen LogP contribution in [-0.4, -0.2) is 0 Å². The molecule has 0 heterocycles. The predicted octanol–water partition coefficient (Wildman–Crippen LogP) is 5.58. The fourth-order valence-corrected chi connectivity index (χ4v) is 2.80. The Labute approximate surface area is 130 Å². The van der Waals surface area contributed by atoms with Crippen molar-refractivity contribution in [3.8, 4) is 0 Å². The maximum atomic E-state index is 6.02. The summed E-state index contributed by atoms with van der Waals surface area (Å²) in [5, 5.41) is 6.29. The van der Waals surface area contributed by atoms with Crippen molar-refractivity contribution in [3.63, 3.8) is 0 Å². The minimum absolute atomic E-state index is 0.656. The molecule has 3 rings (SSSR count). The summed E-state index contributed by atoms with van der Waals surface area (Å²) in [6.07, 6.45) is 0. The van der Waals surface area contributed by atoms with Crippen molar-refractivity contribution in [2.45, 2.75) is 0 Å². The molecule has 0 aliphatic heterocycles. The largest absolute Gasteiger partial charge is 0.397 e. The van der Waals surface area contributed by atoms with Crippen LogP contribution < -0.4 is 11.1 Å². The topological polar surface area (TPSA) is 38.0 Å². The molecule has 0 unspecified atom stereocenters. The van der Waals surface area contributed by atoms with E-state index in [4.69, 9.17) is 17.3 Å². The van der Waals surface area contributed by atoms with E-state index in [1.54, 1.807) is 12.1 Å². The van der Waals surface area contributed by atoms with Crippen LogP contribution in [0.2, 0.25) is 5.02 Å². The Hall–Kier alpha value is -1.71. The zero-order valence-corrected chi connectivity index (χ0v) is 12.9. The molecule has 20 heavy (non-hydrogen) atoms. The maximum absolute atomic E-state index is 6.02. The van der Waals surface area contributed by atoms with E-state index < -0.39 is 0 Å². The van der Waals surface area contributed by atoms with Gasteiger partial charge in [0.05, 0.1) is 11.4 Å². The fraction of sp³-hybridized carbons (Fsp3) is 0. The van der Waals surface area contributed by atoms with Gasteiger partial charge >= 0.3 is 0 Å². The molecular formula is C16H12BrClN2. The summed E-state index contributed by atoms with van der Waals surface area (Å²) in [6, 6.07) is 17.6. The highest BCUT2D eigenvalue weighted by atomic mass is 79.9. The Bertz CT molecular complexity index is 787. The number of halogens is 2. The van der Waals surface area contributed by atoms with E-state index in [0.29, 0.717) is 10.7 Å². The lowest BCUT2D eigenvalue weighted by molar-refractivity contribution is 1.56. The molecule has 0 aromatic heterocycles. The second-order valence-electron chi connectivity index (χ2n) is 4.50. The van der Waals surface area contributed by atoms with Crippen molar-refractivity contribution in [2.75, 3.05) is 11.1 Å². The van der Waals surface area contributed by atoms with Gasteiger partial charge in [0.2, 0.25) is 0 Å². The number of nitrogens with two attached hydrogens (primary N) is 1. The van der Waals surface area contributed by atoms with Gasteiger partial charge in [-0.2, -0.15) is 0 Å². The second kappa shape index (κ2) is 5.35. The molecule has 0 spiro atoms. The first-order valence-corrected chi connectivity index (χ1v) is 7.31. The van der Waals surface area contributed by atoms with E-state index in [-0.39, 0.29) is 0 Å². The number of nitrogen functional groups attached to an aromatic ring is 1. The molecule has 0 aliphatic rings. The van der Waals surface area contributed by atoms with Crippen LogP contribution >= 0.6 is 27.5 Å². The first kappa shape index (κ1) is 13.3.